The zero-order chi connectivity index (χ0) is 40.2. The molecule has 0 aromatic rings. The summed E-state index contributed by atoms with van der Waals surface area (Å²) in [6.07, 6.45) is 9.45. The maximum absolute atomic E-state index is 14.2. The van der Waals surface area contributed by atoms with Gasteiger partial charge in [-0.15, -0.1) is 0 Å². The number of carboxylic acids is 1. The second-order valence-corrected chi connectivity index (χ2v) is 15.9. The van der Waals surface area contributed by atoms with Gasteiger partial charge in [-0.1, -0.05) is 79.2 Å². The highest BCUT2D eigenvalue weighted by atomic mass is 16.5. The summed E-state index contributed by atoms with van der Waals surface area (Å²) in [5.74, 6) is -3.09. The number of amides is 4. The Morgan fingerprint density at radius 2 is 1.58 bits per heavy atom. The Kier molecular flexibility index (Phi) is 18.7. The zero-order valence-corrected chi connectivity index (χ0v) is 34.3. The van der Waals surface area contributed by atoms with Crippen LogP contribution in [0.2, 0.25) is 0 Å². The molecule has 0 saturated carbocycles. The minimum absolute atomic E-state index is 0.00413. The van der Waals surface area contributed by atoms with Gasteiger partial charge in [0.2, 0.25) is 23.6 Å². The molecule has 1 saturated heterocycles. The fourth-order valence-electron chi connectivity index (χ4n) is 8.05. The van der Waals surface area contributed by atoms with Crippen LogP contribution in [-0.4, -0.2) is 134 Å². The van der Waals surface area contributed by atoms with E-state index in [4.69, 9.17) is 9.47 Å². The van der Waals surface area contributed by atoms with E-state index < -0.39 is 60.2 Å². The van der Waals surface area contributed by atoms with Crippen molar-refractivity contribution in [1.82, 2.24) is 25.3 Å². The molecule has 0 radical (unpaired) electrons. The van der Waals surface area contributed by atoms with Gasteiger partial charge in [0.1, 0.15) is 12.1 Å². The van der Waals surface area contributed by atoms with Gasteiger partial charge in [-0.05, 0) is 63.5 Å². The Morgan fingerprint density at radius 3 is 2.08 bits per heavy atom. The number of nitrogens with zero attached hydrogens (tertiary/aromatic N) is 3. The molecule has 0 aromatic heterocycles. The molecule has 1 aliphatic carbocycles. The van der Waals surface area contributed by atoms with Gasteiger partial charge in [-0.2, -0.15) is 0 Å². The second-order valence-electron chi connectivity index (χ2n) is 15.9. The summed E-state index contributed by atoms with van der Waals surface area (Å²) < 4.78 is 11.9. The van der Waals surface area contributed by atoms with Crippen molar-refractivity contribution in [2.45, 2.75) is 129 Å². The zero-order valence-electron chi connectivity index (χ0n) is 34.3. The summed E-state index contributed by atoms with van der Waals surface area (Å²) in [6.45, 7) is 14.0. The van der Waals surface area contributed by atoms with Crippen molar-refractivity contribution in [2.75, 3.05) is 41.9 Å². The molecule has 0 bridgehead atoms. The van der Waals surface area contributed by atoms with Crippen LogP contribution in [0.4, 0.5) is 0 Å². The minimum Gasteiger partial charge on any atom is -0.480 e. The normalized spacial score (nSPS) is 21.8. The minimum atomic E-state index is -1.10. The largest absolute Gasteiger partial charge is 0.480 e. The Hall–Kier alpha value is -3.29. The smallest absolute Gasteiger partial charge is 0.326 e. The molecular weight excluding hydrogens is 678 g/mol. The quantitative estimate of drug-likeness (QED) is 0.159. The number of carbonyl (C=O) groups is 5. The molecule has 4 amide bonds. The number of likely N-dealkylation sites (N-methyl/N-ethyl adjacent to an activating group) is 2. The highest BCUT2D eigenvalue weighted by molar-refractivity contribution is 5.90. The first-order valence-electron chi connectivity index (χ1n) is 19.4. The van der Waals surface area contributed by atoms with Gasteiger partial charge in [-0.25, -0.2) is 4.79 Å². The van der Waals surface area contributed by atoms with Crippen molar-refractivity contribution < 1.29 is 38.6 Å². The molecule has 10 atom stereocenters. The molecule has 13 nitrogen and oxygen atoms in total. The monoisotopic (exact) mass is 748 g/mol. The van der Waals surface area contributed by atoms with Crippen LogP contribution >= 0.6 is 0 Å². The number of nitrogens with one attached hydrogen (secondary N) is 2. The number of hydrogen-bond donors (Lipinski definition) is 3. The average molecular weight is 748 g/mol. The Morgan fingerprint density at radius 1 is 0.925 bits per heavy atom. The van der Waals surface area contributed by atoms with Crippen LogP contribution in [0.3, 0.4) is 0 Å². The van der Waals surface area contributed by atoms with E-state index in [0.717, 1.165) is 12.8 Å². The predicted molar refractivity (Wildman–Crippen MR) is 206 cm³/mol. The van der Waals surface area contributed by atoms with E-state index in [9.17, 15) is 29.1 Å². The number of carbonyl (C=O) groups excluding carboxylic acids is 4. The molecule has 302 valence electrons. The number of hydrogen-bond acceptors (Lipinski definition) is 8. The number of likely N-dealkylation sites (tertiary alicyclic amines) is 1. The lowest BCUT2D eigenvalue weighted by molar-refractivity contribution is -0.148. The van der Waals surface area contributed by atoms with Gasteiger partial charge >= 0.3 is 5.97 Å². The topological polar surface area (TPSA) is 158 Å². The summed E-state index contributed by atoms with van der Waals surface area (Å²) in [7, 11) is 8.46. The van der Waals surface area contributed by atoms with Crippen LogP contribution in [0, 0.1) is 29.6 Å². The summed E-state index contributed by atoms with van der Waals surface area (Å²) in [5, 5.41) is 15.6. The van der Waals surface area contributed by atoms with E-state index in [-0.39, 0.29) is 54.2 Å². The first-order chi connectivity index (χ1) is 24.9. The lowest BCUT2D eigenvalue weighted by atomic mass is 9.89. The summed E-state index contributed by atoms with van der Waals surface area (Å²) in [6, 6.07) is -3.12. The van der Waals surface area contributed by atoms with Crippen LogP contribution in [0.1, 0.15) is 87.0 Å². The average Bonchev–Trinajstić information content (AvgIpc) is 3.59. The third-order valence-electron chi connectivity index (χ3n) is 11.2. The number of aliphatic carboxylic acids is 1. The number of rotatable bonds is 21. The Labute approximate surface area is 318 Å². The molecule has 2 aliphatic rings. The standard InChI is InChI=1S/C40H69N5O8/c1-13-26(6)35(44(10)39(49)33(24(2)3)42-38(48)34(25(4)5)43(8)9)31(52-11)23-32(46)45-21-17-20-30(45)36(53-12)27(7)37(47)41-29(40(50)51)22-28-18-15-14-16-19-28/h14-16,18,24-31,33-36H,13,17,19-23H2,1-12H3,(H,41,47)(H,42,48)(H,50,51)/t26-,27+,28?,29-,30-,31+,33-,34-,35-,36+/m0/s1. The summed E-state index contributed by atoms with van der Waals surface area (Å²) in [5.41, 5.74) is 0. The number of methoxy groups -OCH3 is 2. The van der Waals surface area contributed by atoms with Gasteiger partial charge in [0.05, 0.1) is 42.7 Å². The van der Waals surface area contributed by atoms with Crippen LogP contribution in [-0.2, 0) is 33.4 Å². The molecule has 1 heterocycles. The third-order valence-corrected chi connectivity index (χ3v) is 11.2. The fourth-order valence-corrected chi connectivity index (χ4v) is 8.05. The SMILES string of the molecule is CC[C@H](C)[C@@H]([C@@H](CC(=O)N1CCC[C@H]1[C@H](OC)[C@@H](C)C(=O)N[C@@H](CC1C=CC=CC1)C(=O)O)OC)N(C)C(=O)[C@@H](NC(=O)[C@H](C(C)C)N(C)C)C(C)C. The van der Waals surface area contributed by atoms with E-state index in [0.29, 0.717) is 19.4 Å². The molecule has 2 rings (SSSR count). The van der Waals surface area contributed by atoms with Gasteiger partial charge in [0.25, 0.3) is 0 Å². The molecule has 0 aromatic carbocycles. The molecule has 53 heavy (non-hydrogen) atoms. The van der Waals surface area contributed by atoms with Gasteiger partial charge in [-0.3, -0.25) is 24.1 Å². The van der Waals surface area contributed by atoms with Crippen LogP contribution in [0.15, 0.2) is 24.3 Å². The van der Waals surface area contributed by atoms with Crippen LogP contribution in [0.5, 0.6) is 0 Å². The van der Waals surface area contributed by atoms with E-state index in [1.807, 2.05) is 84.8 Å². The Bertz CT molecular complexity index is 1280. The molecule has 3 N–H and O–H groups in total. The van der Waals surface area contributed by atoms with E-state index in [1.54, 1.807) is 30.9 Å². The highest BCUT2D eigenvalue weighted by Crippen LogP contribution is 2.30. The highest BCUT2D eigenvalue weighted by Gasteiger charge is 2.43. The predicted octanol–water partition coefficient (Wildman–Crippen LogP) is 3.73. The third kappa shape index (κ3) is 12.4. The van der Waals surface area contributed by atoms with E-state index in [2.05, 4.69) is 10.6 Å². The van der Waals surface area contributed by atoms with Gasteiger partial charge in [0.15, 0.2) is 0 Å². The number of allylic oxidation sites excluding steroid dienone is 4. The van der Waals surface area contributed by atoms with Gasteiger partial charge in [0, 0.05) is 27.8 Å². The van der Waals surface area contributed by atoms with Crippen molar-refractivity contribution in [3.8, 4) is 0 Å². The van der Waals surface area contributed by atoms with Crippen molar-refractivity contribution in [1.29, 1.82) is 0 Å². The van der Waals surface area contributed by atoms with Crippen molar-refractivity contribution in [3.05, 3.63) is 24.3 Å². The van der Waals surface area contributed by atoms with Crippen molar-refractivity contribution in [2.24, 2.45) is 29.6 Å². The van der Waals surface area contributed by atoms with Crippen molar-refractivity contribution >= 4 is 29.6 Å². The Balaban J connectivity index is 2.26. The fraction of sp³-hybridized carbons (Fsp3) is 0.775. The molecular formula is C40H69N5O8. The lowest BCUT2D eigenvalue weighted by Gasteiger charge is -2.41. The lowest BCUT2D eigenvalue weighted by Crippen LogP contribution is -2.59. The summed E-state index contributed by atoms with van der Waals surface area (Å²) >= 11 is 0. The summed E-state index contributed by atoms with van der Waals surface area (Å²) in [4.78, 5) is 72.6. The van der Waals surface area contributed by atoms with Crippen LogP contribution < -0.4 is 10.6 Å². The number of ether oxygens (including phenoxy) is 2. The maximum atomic E-state index is 14.2. The molecule has 0 spiro atoms. The second kappa shape index (κ2) is 21.6. The maximum Gasteiger partial charge on any atom is 0.326 e. The molecule has 1 aliphatic heterocycles. The van der Waals surface area contributed by atoms with Crippen molar-refractivity contribution in [3.63, 3.8) is 0 Å². The number of carboxylic acid groups (broad SMARTS) is 1. The van der Waals surface area contributed by atoms with Gasteiger partial charge < -0.3 is 35.0 Å². The molecule has 1 fully saturated rings. The molecule has 13 heteroatoms. The first kappa shape index (κ1) is 45.9. The van der Waals surface area contributed by atoms with E-state index in [1.165, 1.54) is 7.11 Å². The van der Waals surface area contributed by atoms with E-state index >= 15 is 0 Å². The first-order valence-corrected chi connectivity index (χ1v) is 19.4. The molecule has 1 unspecified atom stereocenters. The van der Waals surface area contributed by atoms with Crippen LogP contribution in [0.25, 0.3) is 0 Å².